The maximum absolute atomic E-state index is 13.4. The second kappa shape index (κ2) is 8.70. The summed E-state index contributed by atoms with van der Waals surface area (Å²) in [6.07, 6.45) is 5.87. The van der Waals surface area contributed by atoms with E-state index in [1.807, 2.05) is 54.6 Å². The highest BCUT2D eigenvalue weighted by Gasteiger charge is 2.50. The summed E-state index contributed by atoms with van der Waals surface area (Å²) in [5.74, 6) is 3.14. The number of carbonyl (C=O) groups excluding carboxylic acids is 1. The molecule has 0 aromatic heterocycles. The zero-order chi connectivity index (χ0) is 23.1. The van der Waals surface area contributed by atoms with Crippen molar-refractivity contribution in [3.63, 3.8) is 0 Å². The highest BCUT2D eigenvalue weighted by molar-refractivity contribution is 7.85. The lowest BCUT2D eigenvalue weighted by atomic mass is 9.87. The summed E-state index contributed by atoms with van der Waals surface area (Å²) in [7, 11) is -0.922. The molecule has 1 aliphatic heterocycles. The molecule has 3 aliphatic rings. The van der Waals surface area contributed by atoms with Crippen LogP contribution in [-0.4, -0.2) is 22.5 Å². The van der Waals surface area contributed by atoms with Crippen molar-refractivity contribution in [2.75, 3.05) is 12.5 Å². The fraction of sp³-hybridized carbons (Fsp3) is 0.345. The molecule has 3 aromatic rings. The van der Waals surface area contributed by atoms with Gasteiger partial charge in [-0.2, -0.15) is 0 Å². The molecule has 2 fully saturated rings. The van der Waals surface area contributed by atoms with E-state index in [4.69, 9.17) is 9.47 Å². The minimum atomic E-state index is -0.922. The Hall–Kier alpha value is -2.92. The van der Waals surface area contributed by atoms with Crippen LogP contribution in [0.25, 0.3) is 11.1 Å². The normalized spacial score (nSPS) is 18.8. The molecule has 4 nitrogen and oxygen atoms in total. The molecular weight excluding hydrogens is 444 g/mol. The Balaban J connectivity index is 1.16. The third kappa shape index (κ3) is 4.07. The van der Waals surface area contributed by atoms with Crippen LogP contribution in [0.15, 0.2) is 71.6 Å². The van der Waals surface area contributed by atoms with Gasteiger partial charge in [-0.25, -0.2) is 0 Å². The molecule has 2 aliphatic carbocycles. The maximum Gasteiger partial charge on any atom is 0.231 e. The molecule has 34 heavy (non-hydrogen) atoms. The van der Waals surface area contributed by atoms with E-state index in [2.05, 4.69) is 12.1 Å². The minimum absolute atomic E-state index is 0.240. The van der Waals surface area contributed by atoms with Crippen molar-refractivity contribution in [2.24, 2.45) is 5.92 Å². The number of hydrogen-bond acceptors (Lipinski definition) is 4. The lowest BCUT2D eigenvalue weighted by Crippen LogP contribution is -2.22. The summed E-state index contributed by atoms with van der Waals surface area (Å²) in [6, 6.07) is 22.2. The van der Waals surface area contributed by atoms with E-state index in [0.717, 1.165) is 57.2 Å². The van der Waals surface area contributed by atoms with Crippen molar-refractivity contribution < 1.29 is 18.5 Å². The fourth-order valence-corrected chi connectivity index (χ4v) is 6.43. The lowest BCUT2D eigenvalue weighted by molar-refractivity contribution is -0.120. The molecule has 0 radical (unpaired) electrons. The van der Waals surface area contributed by atoms with Crippen LogP contribution in [0.4, 0.5) is 0 Å². The van der Waals surface area contributed by atoms with Crippen LogP contribution < -0.4 is 9.47 Å². The number of hydrogen-bond donors (Lipinski definition) is 0. The first-order valence-electron chi connectivity index (χ1n) is 12.1. The van der Waals surface area contributed by atoms with Gasteiger partial charge in [0, 0.05) is 17.1 Å². The largest absolute Gasteiger partial charge is 0.454 e. The quantitative estimate of drug-likeness (QED) is 0.414. The number of Topliss-reactive ketones (excluding diaryl/α,β-unsaturated/α-hetero) is 1. The molecule has 0 N–H and O–H groups in total. The van der Waals surface area contributed by atoms with Gasteiger partial charge in [0.15, 0.2) is 11.5 Å². The number of rotatable bonds is 8. The van der Waals surface area contributed by atoms with E-state index in [1.165, 1.54) is 19.3 Å². The summed E-state index contributed by atoms with van der Waals surface area (Å²) in [6.45, 7) is 0.240. The first-order chi connectivity index (χ1) is 16.6. The molecule has 0 saturated heterocycles. The number of ether oxygens (including phenoxy) is 2. The minimum Gasteiger partial charge on any atom is -0.454 e. The van der Waals surface area contributed by atoms with E-state index < -0.39 is 16.2 Å². The van der Waals surface area contributed by atoms with Crippen LogP contribution in [0.1, 0.15) is 43.2 Å². The molecular formula is C29H28O4S. The molecule has 1 atom stereocenters. The third-order valence-corrected chi connectivity index (χ3v) is 9.14. The number of carbonyl (C=O) groups is 1. The molecule has 6 rings (SSSR count). The zero-order valence-electron chi connectivity index (χ0n) is 19.1. The standard InChI is InChI=1S/C29H28O4S/c30-28(29(13-14-29)24-9-12-26-27(17-24)33-19-32-26)16-21-5-2-6-23(15-21)22-7-10-25(11-8-22)34(31)18-20-3-1-4-20/h2,5-12,15,17,20H,1,3-4,13-14,16,18-19H2. The monoisotopic (exact) mass is 472 g/mol. The van der Waals surface area contributed by atoms with E-state index >= 15 is 0 Å². The Morgan fingerprint density at radius 3 is 2.44 bits per heavy atom. The van der Waals surface area contributed by atoms with E-state index in [9.17, 15) is 9.00 Å². The van der Waals surface area contributed by atoms with Gasteiger partial charge in [-0.05, 0) is 78.1 Å². The average molecular weight is 473 g/mol. The molecule has 1 unspecified atom stereocenters. The van der Waals surface area contributed by atoms with Crippen molar-refractivity contribution >= 4 is 16.6 Å². The van der Waals surface area contributed by atoms with Crippen molar-refractivity contribution in [1.29, 1.82) is 0 Å². The van der Waals surface area contributed by atoms with Crippen molar-refractivity contribution in [2.45, 2.75) is 48.8 Å². The summed E-state index contributed by atoms with van der Waals surface area (Å²) < 4.78 is 23.6. The van der Waals surface area contributed by atoms with Crippen molar-refractivity contribution in [1.82, 2.24) is 0 Å². The SMILES string of the molecule is O=C(Cc1cccc(-c2ccc(S(=O)CC3CCC3)cc2)c1)C1(c2ccc3c(c2)OCO3)CC1. The molecule has 0 amide bonds. The molecule has 0 spiro atoms. The van der Waals surface area contributed by atoms with Crippen LogP contribution in [0.2, 0.25) is 0 Å². The highest BCUT2D eigenvalue weighted by Crippen LogP contribution is 2.51. The van der Waals surface area contributed by atoms with Gasteiger partial charge in [0.25, 0.3) is 0 Å². The Morgan fingerprint density at radius 1 is 0.912 bits per heavy atom. The predicted molar refractivity (Wildman–Crippen MR) is 133 cm³/mol. The highest BCUT2D eigenvalue weighted by atomic mass is 32.2. The number of fused-ring (bicyclic) bond motifs is 1. The summed E-state index contributed by atoms with van der Waals surface area (Å²) in [5, 5.41) is 0. The Labute approximate surface area is 202 Å². The summed E-state index contributed by atoms with van der Waals surface area (Å²) in [5.41, 5.74) is 3.81. The van der Waals surface area contributed by atoms with Crippen LogP contribution in [-0.2, 0) is 27.4 Å². The van der Waals surface area contributed by atoms with Gasteiger partial charge in [0.2, 0.25) is 6.79 Å². The second-order valence-corrected chi connectivity index (χ2v) is 11.3. The Kier molecular flexibility index (Phi) is 5.53. The van der Waals surface area contributed by atoms with Crippen LogP contribution in [0.5, 0.6) is 11.5 Å². The van der Waals surface area contributed by atoms with Crippen LogP contribution in [0, 0.1) is 5.92 Å². The van der Waals surface area contributed by atoms with Crippen LogP contribution in [0.3, 0.4) is 0 Å². The van der Waals surface area contributed by atoms with Gasteiger partial charge in [-0.3, -0.25) is 9.00 Å². The molecule has 174 valence electrons. The maximum atomic E-state index is 13.4. The predicted octanol–water partition coefficient (Wildman–Crippen LogP) is 5.83. The fourth-order valence-electron chi connectivity index (χ4n) is 5.03. The lowest BCUT2D eigenvalue weighted by Gasteiger charge is -2.24. The molecule has 2 saturated carbocycles. The van der Waals surface area contributed by atoms with E-state index in [0.29, 0.717) is 12.3 Å². The summed E-state index contributed by atoms with van der Waals surface area (Å²) in [4.78, 5) is 14.3. The summed E-state index contributed by atoms with van der Waals surface area (Å²) >= 11 is 0. The van der Waals surface area contributed by atoms with Gasteiger partial charge in [0.1, 0.15) is 5.78 Å². The topological polar surface area (TPSA) is 52.6 Å². The van der Waals surface area contributed by atoms with Gasteiger partial charge < -0.3 is 9.47 Å². The van der Waals surface area contributed by atoms with E-state index in [-0.39, 0.29) is 12.6 Å². The number of benzene rings is 3. The van der Waals surface area contributed by atoms with Crippen molar-refractivity contribution in [3.05, 3.63) is 77.9 Å². The molecule has 3 aromatic carbocycles. The van der Waals surface area contributed by atoms with Gasteiger partial charge in [-0.15, -0.1) is 0 Å². The zero-order valence-corrected chi connectivity index (χ0v) is 19.9. The average Bonchev–Trinajstić information content (AvgIpc) is 3.52. The first kappa shape index (κ1) is 21.6. The smallest absolute Gasteiger partial charge is 0.231 e. The Bertz CT molecular complexity index is 1260. The molecule has 1 heterocycles. The first-order valence-corrected chi connectivity index (χ1v) is 13.4. The number of ketones is 1. The van der Waals surface area contributed by atoms with Gasteiger partial charge >= 0.3 is 0 Å². The third-order valence-electron chi connectivity index (χ3n) is 7.56. The second-order valence-electron chi connectivity index (χ2n) is 9.78. The van der Waals surface area contributed by atoms with Crippen LogP contribution >= 0.6 is 0 Å². The van der Waals surface area contributed by atoms with Crippen molar-refractivity contribution in [3.8, 4) is 22.6 Å². The molecule has 5 heteroatoms. The Morgan fingerprint density at radius 2 is 1.71 bits per heavy atom. The van der Waals surface area contributed by atoms with Gasteiger partial charge in [-0.1, -0.05) is 48.9 Å². The molecule has 0 bridgehead atoms. The van der Waals surface area contributed by atoms with E-state index in [1.54, 1.807) is 0 Å². The van der Waals surface area contributed by atoms with Gasteiger partial charge in [0.05, 0.1) is 16.2 Å².